The predicted octanol–water partition coefficient (Wildman–Crippen LogP) is 1.74. The summed E-state index contributed by atoms with van der Waals surface area (Å²) in [6.07, 6.45) is 6.47. The number of benzene rings is 1. The van der Waals surface area contributed by atoms with E-state index >= 15 is 0 Å². The molecule has 0 fully saturated rings. The lowest BCUT2D eigenvalue weighted by molar-refractivity contribution is -0.142. The van der Waals surface area contributed by atoms with Gasteiger partial charge in [0.25, 0.3) is 0 Å². The molecule has 0 aliphatic rings. The number of aromatic nitrogens is 1. The summed E-state index contributed by atoms with van der Waals surface area (Å²) < 4.78 is 0. The zero-order chi connectivity index (χ0) is 28.2. The number of carbonyl (C=O) groups excluding carboxylic acids is 3. The lowest BCUT2D eigenvalue weighted by Crippen LogP contribution is -2.58. The van der Waals surface area contributed by atoms with Crippen LogP contribution in [0.4, 0.5) is 0 Å². The molecule has 0 spiro atoms. The topological polar surface area (TPSA) is 166 Å². The lowest BCUT2D eigenvalue weighted by Gasteiger charge is -2.27. The molecule has 0 saturated carbocycles. The van der Waals surface area contributed by atoms with Crippen LogP contribution in [0, 0.1) is 5.92 Å². The van der Waals surface area contributed by atoms with Gasteiger partial charge in [0.05, 0.1) is 6.04 Å². The molecule has 1 aromatic carbocycles. The van der Waals surface area contributed by atoms with Crippen molar-refractivity contribution >= 4 is 58.1 Å². The van der Waals surface area contributed by atoms with Crippen molar-refractivity contribution in [3.05, 3.63) is 36.0 Å². The third-order valence-corrected chi connectivity index (χ3v) is 7.46. The van der Waals surface area contributed by atoms with Crippen LogP contribution in [0.2, 0.25) is 0 Å². The van der Waals surface area contributed by atoms with Crippen molar-refractivity contribution in [3.63, 3.8) is 0 Å². The van der Waals surface area contributed by atoms with Crippen LogP contribution in [0.25, 0.3) is 10.9 Å². The Balaban J connectivity index is 2.08. The number of aliphatic carboxylic acids is 1. The summed E-state index contributed by atoms with van der Waals surface area (Å²) in [7, 11) is 0. The molecule has 0 aliphatic carbocycles. The summed E-state index contributed by atoms with van der Waals surface area (Å²) in [4.78, 5) is 53.9. The maximum atomic E-state index is 13.2. The van der Waals surface area contributed by atoms with E-state index < -0.39 is 47.9 Å². The van der Waals surface area contributed by atoms with Crippen LogP contribution in [0.15, 0.2) is 30.5 Å². The van der Waals surface area contributed by atoms with Gasteiger partial charge < -0.3 is 31.8 Å². The van der Waals surface area contributed by atoms with Gasteiger partial charge in [-0.25, -0.2) is 4.79 Å². The number of nitrogens with two attached hydrogens (primary N) is 1. The second-order valence-electron chi connectivity index (χ2n) is 9.42. The average Bonchev–Trinajstić information content (AvgIpc) is 3.29. The Labute approximate surface area is 232 Å². The van der Waals surface area contributed by atoms with Gasteiger partial charge in [0.2, 0.25) is 17.7 Å². The van der Waals surface area contributed by atoms with Crippen LogP contribution in [0.5, 0.6) is 0 Å². The number of nitrogens with one attached hydrogen (secondary N) is 4. The van der Waals surface area contributed by atoms with E-state index in [1.807, 2.05) is 43.0 Å². The van der Waals surface area contributed by atoms with Crippen LogP contribution in [-0.2, 0) is 25.6 Å². The maximum absolute atomic E-state index is 13.2. The summed E-state index contributed by atoms with van der Waals surface area (Å²) in [5, 5.41) is 18.5. The first-order valence-corrected chi connectivity index (χ1v) is 15.3. The summed E-state index contributed by atoms with van der Waals surface area (Å²) in [6.45, 7) is 3.52. The van der Waals surface area contributed by atoms with Gasteiger partial charge in [0.15, 0.2) is 0 Å². The van der Waals surface area contributed by atoms with Gasteiger partial charge >= 0.3 is 5.97 Å². The number of amides is 3. The van der Waals surface area contributed by atoms with Crippen molar-refractivity contribution < 1.29 is 24.3 Å². The van der Waals surface area contributed by atoms with Gasteiger partial charge in [-0.2, -0.15) is 23.5 Å². The summed E-state index contributed by atoms with van der Waals surface area (Å²) in [5.41, 5.74) is 8.06. The van der Waals surface area contributed by atoms with Gasteiger partial charge in [-0.1, -0.05) is 32.0 Å². The molecule has 2 rings (SSSR count). The monoisotopic (exact) mass is 565 g/mol. The molecule has 10 nitrogen and oxygen atoms in total. The van der Waals surface area contributed by atoms with Crippen LogP contribution in [0.3, 0.4) is 0 Å². The molecule has 1 heterocycles. The van der Waals surface area contributed by atoms with Crippen LogP contribution >= 0.6 is 23.5 Å². The minimum absolute atomic E-state index is 0.266. The van der Waals surface area contributed by atoms with E-state index in [1.54, 1.807) is 13.8 Å². The second-order valence-corrected chi connectivity index (χ2v) is 11.4. The highest BCUT2D eigenvalue weighted by atomic mass is 32.2. The van der Waals surface area contributed by atoms with Crippen LogP contribution in [0.1, 0.15) is 32.3 Å². The number of carboxylic acids is 1. The van der Waals surface area contributed by atoms with Crippen molar-refractivity contribution in [3.8, 4) is 0 Å². The lowest BCUT2D eigenvalue weighted by atomic mass is 10.0. The highest BCUT2D eigenvalue weighted by Gasteiger charge is 2.31. The Kier molecular flexibility index (Phi) is 13.0. The first kappa shape index (κ1) is 31.5. The molecule has 3 amide bonds. The summed E-state index contributed by atoms with van der Waals surface area (Å²) in [6, 6.07) is 3.93. The smallest absolute Gasteiger partial charge is 0.326 e. The normalized spacial score (nSPS) is 14.5. The van der Waals surface area contributed by atoms with E-state index in [1.165, 1.54) is 23.5 Å². The van der Waals surface area contributed by atoms with Gasteiger partial charge in [0, 0.05) is 17.1 Å². The Morgan fingerprint density at radius 1 is 0.921 bits per heavy atom. The zero-order valence-corrected chi connectivity index (χ0v) is 23.9. The van der Waals surface area contributed by atoms with Crippen molar-refractivity contribution in [1.29, 1.82) is 0 Å². The van der Waals surface area contributed by atoms with Gasteiger partial charge in [-0.3, -0.25) is 14.4 Å². The molecular formula is C26H39N5O5S2. The Morgan fingerprint density at radius 2 is 1.53 bits per heavy atom. The van der Waals surface area contributed by atoms with Gasteiger partial charge in [0.1, 0.15) is 18.1 Å². The van der Waals surface area contributed by atoms with E-state index in [9.17, 15) is 24.3 Å². The molecule has 0 radical (unpaired) electrons. The minimum atomic E-state index is -1.13. The Bertz CT molecular complexity index is 1090. The molecule has 4 atom stereocenters. The van der Waals surface area contributed by atoms with E-state index in [4.69, 9.17) is 5.73 Å². The largest absolute Gasteiger partial charge is 0.480 e. The number of hydrogen-bond donors (Lipinski definition) is 6. The zero-order valence-electron chi connectivity index (χ0n) is 22.3. The summed E-state index contributed by atoms with van der Waals surface area (Å²) >= 11 is 3.01. The maximum Gasteiger partial charge on any atom is 0.326 e. The van der Waals surface area contributed by atoms with Crippen molar-refractivity contribution in [1.82, 2.24) is 20.9 Å². The van der Waals surface area contributed by atoms with E-state index in [-0.39, 0.29) is 18.8 Å². The average molecular weight is 566 g/mol. The molecule has 7 N–H and O–H groups in total. The molecule has 0 aliphatic heterocycles. The number of para-hydroxylation sites is 1. The summed E-state index contributed by atoms with van der Waals surface area (Å²) in [5.74, 6) is -1.83. The number of fused-ring (bicyclic) bond motifs is 1. The number of H-pyrrole nitrogens is 1. The first-order valence-electron chi connectivity index (χ1n) is 12.5. The number of hydrogen-bond acceptors (Lipinski definition) is 7. The van der Waals surface area contributed by atoms with Crippen LogP contribution < -0.4 is 21.7 Å². The van der Waals surface area contributed by atoms with E-state index in [2.05, 4.69) is 20.9 Å². The number of carboxylic acid groups (broad SMARTS) is 1. The molecule has 1 aromatic heterocycles. The predicted molar refractivity (Wildman–Crippen MR) is 154 cm³/mol. The molecule has 12 heteroatoms. The molecule has 0 saturated heterocycles. The molecule has 4 unspecified atom stereocenters. The van der Waals surface area contributed by atoms with Crippen molar-refractivity contribution in [2.45, 2.75) is 57.3 Å². The molecule has 38 heavy (non-hydrogen) atoms. The second kappa shape index (κ2) is 15.6. The first-order chi connectivity index (χ1) is 18.1. The third-order valence-electron chi connectivity index (χ3n) is 6.17. The third kappa shape index (κ3) is 9.25. The molecule has 0 bridgehead atoms. The SMILES string of the molecule is CSCCC(NC(=O)C(NC(=O)C(CCSC)NC(=O)C(N)Cc1c[nH]c2ccccc12)C(C)C)C(=O)O. The Morgan fingerprint density at radius 3 is 2.13 bits per heavy atom. The van der Waals surface area contributed by atoms with Crippen LogP contribution in [-0.4, -0.2) is 82.0 Å². The van der Waals surface area contributed by atoms with Gasteiger partial charge in [-0.05, 0) is 60.8 Å². The quantitative estimate of drug-likeness (QED) is 0.179. The number of aromatic amines is 1. The fourth-order valence-electron chi connectivity index (χ4n) is 3.96. The van der Waals surface area contributed by atoms with E-state index in [0.29, 0.717) is 17.9 Å². The van der Waals surface area contributed by atoms with Gasteiger partial charge in [-0.15, -0.1) is 0 Å². The Hall–Kier alpha value is -2.70. The van der Waals surface area contributed by atoms with E-state index in [0.717, 1.165) is 16.5 Å². The number of rotatable bonds is 16. The molecular weight excluding hydrogens is 526 g/mol. The van der Waals surface area contributed by atoms with Crippen molar-refractivity contribution in [2.24, 2.45) is 11.7 Å². The highest BCUT2D eigenvalue weighted by molar-refractivity contribution is 7.98. The number of carbonyl (C=O) groups is 4. The molecule has 210 valence electrons. The standard InChI is InChI=1S/C26H39N5O5S2/c1-15(2)22(25(34)30-21(26(35)36)10-12-38-4)31-24(33)20(9-11-37-3)29-23(32)18(27)13-16-14-28-19-8-6-5-7-17(16)19/h5-8,14-15,18,20-22,28H,9-13,27H2,1-4H3,(H,29,32)(H,30,34)(H,31,33)(H,35,36). The molecule has 2 aromatic rings. The highest BCUT2D eigenvalue weighted by Crippen LogP contribution is 2.19. The number of thioether (sulfide) groups is 2. The minimum Gasteiger partial charge on any atom is -0.480 e. The fourth-order valence-corrected chi connectivity index (χ4v) is 4.90. The van der Waals surface area contributed by atoms with Crippen molar-refractivity contribution in [2.75, 3.05) is 24.0 Å². The fraction of sp³-hybridized carbons (Fsp3) is 0.538.